The van der Waals surface area contributed by atoms with Gasteiger partial charge in [0.25, 0.3) is 0 Å². The van der Waals surface area contributed by atoms with Gasteiger partial charge in [0.15, 0.2) is 0 Å². The highest BCUT2D eigenvalue weighted by atomic mass is 79.9. The van der Waals surface area contributed by atoms with Crippen LogP contribution in [0.3, 0.4) is 0 Å². The van der Waals surface area contributed by atoms with Gasteiger partial charge in [0, 0.05) is 22.9 Å². The van der Waals surface area contributed by atoms with Gasteiger partial charge in [0.1, 0.15) is 12.1 Å². The minimum Gasteiger partial charge on any atom is -0.355 e. The number of benzene rings is 1. The van der Waals surface area contributed by atoms with Crippen LogP contribution in [-0.2, 0) is 0 Å². The Bertz CT molecular complexity index is 599. The second-order valence-electron chi connectivity index (χ2n) is 4.60. The average Bonchev–Trinajstić information content (AvgIpc) is 2.39. The standard InChI is InChI=1S/C14H14BrN3/c1-10-4-6-18(7-5-10)14-12-8-11(15)2-3-13(12)16-9-17-14/h2-3,8-9H,1,4-7H2. The molecule has 1 aliphatic heterocycles. The quantitative estimate of drug-likeness (QED) is 0.755. The van der Waals surface area contributed by atoms with Crippen molar-refractivity contribution in [2.24, 2.45) is 0 Å². The zero-order valence-corrected chi connectivity index (χ0v) is 11.7. The molecule has 1 fully saturated rings. The van der Waals surface area contributed by atoms with Crippen LogP contribution in [0.5, 0.6) is 0 Å². The monoisotopic (exact) mass is 303 g/mol. The maximum Gasteiger partial charge on any atom is 0.139 e. The molecule has 2 heterocycles. The number of aromatic nitrogens is 2. The summed E-state index contributed by atoms with van der Waals surface area (Å²) in [6, 6.07) is 6.12. The maximum atomic E-state index is 4.46. The summed E-state index contributed by atoms with van der Waals surface area (Å²) in [5.74, 6) is 1.04. The molecule has 0 atom stereocenters. The van der Waals surface area contributed by atoms with Gasteiger partial charge in [0.2, 0.25) is 0 Å². The molecule has 0 radical (unpaired) electrons. The van der Waals surface area contributed by atoms with Crippen LogP contribution in [-0.4, -0.2) is 23.1 Å². The van der Waals surface area contributed by atoms with E-state index in [-0.39, 0.29) is 0 Å². The molecule has 0 aliphatic carbocycles. The normalized spacial score (nSPS) is 16.3. The van der Waals surface area contributed by atoms with E-state index in [4.69, 9.17) is 0 Å². The number of nitrogens with zero attached hydrogens (tertiary/aromatic N) is 3. The first-order valence-corrected chi connectivity index (χ1v) is 6.85. The smallest absolute Gasteiger partial charge is 0.139 e. The molecule has 0 saturated carbocycles. The van der Waals surface area contributed by atoms with Crippen LogP contribution in [0.2, 0.25) is 0 Å². The number of hydrogen-bond donors (Lipinski definition) is 0. The molecule has 0 unspecified atom stereocenters. The van der Waals surface area contributed by atoms with Crippen molar-refractivity contribution in [2.75, 3.05) is 18.0 Å². The summed E-state index contributed by atoms with van der Waals surface area (Å²) in [5.41, 5.74) is 2.33. The Labute approximate surface area is 115 Å². The Morgan fingerprint density at radius 1 is 1.17 bits per heavy atom. The van der Waals surface area contributed by atoms with Crippen molar-refractivity contribution in [2.45, 2.75) is 12.8 Å². The summed E-state index contributed by atoms with van der Waals surface area (Å²) in [6.07, 6.45) is 3.76. The Kier molecular flexibility index (Phi) is 3.04. The van der Waals surface area contributed by atoms with Crippen LogP contribution < -0.4 is 4.90 Å². The highest BCUT2D eigenvalue weighted by Gasteiger charge is 2.16. The summed E-state index contributed by atoms with van der Waals surface area (Å²) < 4.78 is 1.06. The Hall–Kier alpha value is -1.42. The first kappa shape index (κ1) is 11.7. The molecule has 18 heavy (non-hydrogen) atoms. The molecule has 3 rings (SSSR count). The molecular weight excluding hydrogens is 290 g/mol. The Morgan fingerprint density at radius 3 is 2.72 bits per heavy atom. The third-order valence-electron chi connectivity index (χ3n) is 3.35. The Balaban J connectivity index is 2.05. The number of hydrogen-bond acceptors (Lipinski definition) is 3. The van der Waals surface area contributed by atoms with Crippen LogP contribution >= 0.6 is 15.9 Å². The van der Waals surface area contributed by atoms with Crippen molar-refractivity contribution in [3.05, 3.63) is 41.2 Å². The van der Waals surface area contributed by atoms with Crippen LogP contribution in [0, 0.1) is 0 Å². The van der Waals surface area contributed by atoms with Crippen LogP contribution in [0.4, 0.5) is 5.82 Å². The molecule has 2 aromatic rings. The predicted octanol–water partition coefficient (Wildman–Crippen LogP) is 3.55. The molecule has 92 valence electrons. The summed E-state index contributed by atoms with van der Waals surface area (Å²) >= 11 is 3.51. The highest BCUT2D eigenvalue weighted by molar-refractivity contribution is 9.10. The van der Waals surface area contributed by atoms with Gasteiger partial charge in [-0.2, -0.15) is 0 Å². The molecular formula is C14H14BrN3. The van der Waals surface area contributed by atoms with Crippen molar-refractivity contribution in [1.29, 1.82) is 0 Å². The van der Waals surface area contributed by atoms with Gasteiger partial charge < -0.3 is 4.90 Å². The third kappa shape index (κ3) is 2.12. The number of fused-ring (bicyclic) bond motifs is 1. The van der Waals surface area contributed by atoms with E-state index in [0.29, 0.717) is 0 Å². The van der Waals surface area contributed by atoms with E-state index in [2.05, 4.69) is 43.4 Å². The van der Waals surface area contributed by atoms with Gasteiger partial charge in [0.05, 0.1) is 5.52 Å². The lowest BCUT2D eigenvalue weighted by Crippen LogP contribution is -2.31. The largest absolute Gasteiger partial charge is 0.355 e. The zero-order valence-electron chi connectivity index (χ0n) is 10.1. The minimum atomic E-state index is 0.993. The van der Waals surface area contributed by atoms with Gasteiger partial charge in [-0.1, -0.05) is 28.1 Å². The lowest BCUT2D eigenvalue weighted by molar-refractivity contribution is 0.681. The van der Waals surface area contributed by atoms with Crippen LogP contribution in [0.25, 0.3) is 10.9 Å². The average molecular weight is 304 g/mol. The molecule has 1 saturated heterocycles. The summed E-state index contributed by atoms with van der Waals surface area (Å²) in [4.78, 5) is 11.1. The highest BCUT2D eigenvalue weighted by Crippen LogP contribution is 2.28. The van der Waals surface area contributed by atoms with E-state index in [1.54, 1.807) is 6.33 Å². The van der Waals surface area contributed by atoms with Gasteiger partial charge in [-0.3, -0.25) is 0 Å². The van der Waals surface area contributed by atoms with E-state index in [1.807, 2.05) is 12.1 Å². The molecule has 3 nitrogen and oxygen atoms in total. The van der Waals surface area contributed by atoms with Crippen molar-refractivity contribution in [3.63, 3.8) is 0 Å². The molecule has 4 heteroatoms. The van der Waals surface area contributed by atoms with E-state index in [9.17, 15) is 0 Å². The lowest BCUT2D eigenvalue weighted by atomic mass is 10.1. The molecule has 1 aromatic carbocycles. The van der Waals surface area contributed by atoms with Gasteiger partial charge in [-0.05, 0) is 31.0 Å². The summed E-state index contributed by atoms with van der Waals surface area (Å²) in [5, 5.41) is 1.11. The van der Waals surface area contributed by atoms with Crippen molar-refractivity contribution in [1.82, 2.24) is 9.97 Å². The van der Waals surface area contributed by atoms with Crippen molar-refractivity contribution >= 4 is 32.7 Å². The topological polar surface area (TPSA) is 29.0 Å². The maximum absolute atomic E-state index is 4.46. The second kappa shape index (κ2) is 4.69. The summed E-state index contributed by atoms with van der Waals surface area (Å²) in [6.45, 7) is 6.05. The molecule has 0 bridgehead atoms. The van der Waals surface area contributed by atoms with E-state index < -0.39 is 0 Å². The molecule has 0 spiro atoms. The fourth-order valence-corrected chi connectivity index (χ4v) is 2.66. The fourth-order valence-electron chi connectivity index (χ4n) is 2.30. The molecule has 1 aliphatic rings. The number of rotatable bonds is 1. The van der Waals surface area contributed by atoms with Crippen LogP contribution in [0.15, 0.2) is 41.2 Å². The lowest BCUT2D eigenvalue weighted by Gasteiger charge is -2.29. The minimum absolute atomic E-state index is 0.993. The number of anilines is 1. The first-order chi connectivity index (χ1) is 8.74. The van der Waals surface area contributed by atoms with Crippen molar-refractivity contribution < 1.29 is 0 Å². The van der Waals surface area contributed by atoms with Crippen molar-refractivity contribution in [3.8, 4) is 0 Å². The SMILES string of the molecule is C=C1CCN(c2ncnc3ccc(Br)cc23)CC1. The molecule has 0 N–H and O–H groups in total. The summed E-state index contributed by atoms with van der Waals surface area (Å²) in [7, 11) is 0. The fraction of sp³-hybridized carbons (Fsp3) is 0.286. The van der Waals surface area contributed by atoms with E-state index >= 15 is 0 Å². The third-order valence-corrected chi connectivity index (χ3v) is 3.84. The first-order valence-electron chi connectivity index (χ1n) is 6.06. The molecule has 1 aromatic heterocycles. The number of piperidine rings is 1. The second-order valence-corrected chi connectivity index (χ2v) is 5.51. The van der Waals surface area contributed by atoms with Gasteiger partial charge in [-0.25, -0.2) is 9.97 Å². The zero-order chi connectivity index (χ0) is 12.5. The van der Waals surface area contributed by atoms with Gasteiger partial charge in [-0.15, -0.1) is 0 Å². The van der Waals surface area contributed by atoms with E-state index in [0.717, 1.165) is 47.1 Å². The number of halogens is 1. The molecule has 0 amide bonds. The predicted molar refractivity (Wildman–Crippen MR) is 77.8 cm³/mol. The Morgan fingerprint density at radius 2 is 1.94 bits per heavy atom. The van der Waals surface area contributed by atoms with E-state index in [1.165, 1.54) is 5.57 Å². The van der Waals surface area contributed by atoms with Gasteiger partial charge >= 0.3 is 0 Å². The van der Waals surface area contributed by atoms with Crippen LogP contribution in [0.1, 0.15) is 12.8 Å².